The Morgan fingerprint density at radius 3 is 1.79 bits per heavy atom. The standard InChI is InChI=1S/C9H14N2O.C2H6/c1-6(2)9-10-4-8(5-11-9)7(3)12;1-2/h4-7,12H,1-3H3;1-2H3. The fourth-order valence-corrected chi connectivity index (χ4v) is 0.862. The van der Waals surface area contributed by atoms with Crippen LogP contribution in [0.4, 0.5) is 0 Å². The average Bonchev–Trinajstić information content (AvgIpc) is 2.21. The van der Waals surface area contributed by atoms with Crippen molar-refractivity contribution in [1.29, 1.82) is 0 Å². The van der Waals surface area contributed by atoms with Crippen molar-refractivity contribution in [2.24, 2.45) is 0 Å². The molecule has 80 valence electrons. The van der Waals surface area contributed by atoms with Crippen molar-refractivity contribution >= 4 is 0 Å². The number of aliphatic hydroxyl groups excluding tert-OH is 1. The molecule has 1 atom stereocenters. The molecule has 0 aliphatic rings. The van der Waals surface area contributed by atoms with Crippen LogP contribution in [0.2, 0.25) is 0 Å². The summed E-state index contributed by atoms with van der Waals surface area (Å²) in [7, 11) is 0. The predicted octanol–water partition coefficient (Wildman–Crippen LogP) is 2.68. The fourth-order valence-electron chi connectivity index (χ4n) is 0.862. The summed E-state index contributed by atoms with van der Waals surface area (Å²) in [6.45, 7) is 9.78. The van der Waals surface area contributed by atoms with Gasteiger partial charge in [0.2, 0.25) is 0 Å². The number of aromatic nitrogens is 2. The Morgan fingerprint density at radius 2 is 1.50 bits per heavy atom. The minimum absolute atomic E-state index is 0.341. The maximum absolute atomic E-state index is 9.17. The maximum atomic E-state index is 9.17. The van der Waals surface area contributed by atoms with Crippen LogP contribution in [0.1, 0.15) is 58.0 Å². The SMILES string of the molecule is CC.CC(C)c1ncc(C(C)O)cn1. The number of hydrogen-bond acceptors (Lipinski definition) is 3. The fraction of sp³-hybridized carbons (Fsp3) is 0.636. The second-order valence-electron chi connectivity index (χ2n) is 3.21. The highest BCUT2D eigenvalue weighted by atomic mass is 16.3. The van der Waals surface area contributed by atoms with Crippen LogP contribution in [0.15, 0.2) is 12.4 Å². The van der Waals surface area contributed by atoms with Gasteiger partial charge in [-0.3, -0.25) is 0 Å². The Hall–Kier alpha value is -0.960. The second kappa shape index (κ2) is 6.49. The molecule has 0 aliphatic heterocycles. The molecule has 0 radical (unpaired) electrons. The number of hydrogen-bond donors (Lipinski definition) is 1. The van der Waals surface area contributed by atoms with E-state index >= 15 is 0 Å². The Morgan fingerprint density at radius 1 is 1.07 bits per heavy atom. The van der Waals surface area contributed by atoms with E-state index in [2.05, 4.69) is 9.97 Å². The highest BCUT2D eigenvalue weighted by molar-refractivity contribution is 5.08. The van der Waals surface area contributed by atoms with Crippen LogP contribution in [0, 0.1) is 0 Å². The zero-order valence-electron chi connectivity index (χ0n) is 9.65. The lowest BCUT2D eigenvalue weighted by atomic mass is 10.2. The molecule has 1 N–H and O–H groups in total. The zero-order chi connectivity index (χ0) is 11.1. The van der Waals surface area contributed by atoms with Gasteiger partial charge in [0.25, 0.3) is 0 Å². The van der Waals surface area contributed by atoms with Crippen molar-refractivity contribution in [3.05, 3.63) is 23.8 Å². The van der Waals surface area contributed by atoms with Crippen LogP contribution in [-0.2, 0) is 0 Å². The van der Waals surface area contributed by atoms with Crippen molar-refractivity contribution in [3.63, 3.8) is 0 Å². The summed E-state index contributed by atoms with van der Waals surface area (Å²) < 4.78 is 0. The molecule has 1 unspecified atom stereocenters. The molecule has 0 aliphatic carbocycles. The molecule has 1 aromatic rings. The molecule has 3 nitrogen and oxygen atoms in total. The summed E-state index contributed by atoms with van der Waals surface area (Å²) in [6.07, 6.45) is 2.87. The number of aliphatic hydroxyl groups is 1. The molecule has 3 heteroatoms. The van der Waals surface area contributed by atoms with E-state index in [1.807, 2.05) is 27.7 Å². The summed E-state index contributed by atoms with van der Waals surface area (Å²) in [5, 5.41) is 9.17. The van der Waals surface area contributed by atoms with E-state index in [0.29, 0.717) is 5.92 Å². The number of nitrogens with zero attached hydrogens (tertiary/aromatic N) is 2. The largest absolute Gasteiger partial charge is 0.389 e. The van der Waals surface area contributed by atoms with Crippen LogP contribution in [-0.4, -0.2) is 15.1 Å². The molecule has 1 heterocycles. The molecular formula is C11H20N2O. The summed E-state index contributed by atoms with van der Waals surface area (Å²) >= 11 is 0. The van der Waals surface area contributed by atoms with Gasteiger partial charge in [0.05, 0.1) is 6.10 Å². The van der Waals surface area contributed by atoms with E-state index in [1.165, 1.54) is 0 Å². The van der Waals surface area contributed by atoms with E-state index in [1.54, 1.807) is 19.3 Å². The molecule has 1 aromatic heterocycles. The normalized spacial score (nSPS) is 11.9. The van der Waals surface area contributed by atoms with Crippen LogP contribution < -0.4 is 0 Å². The predicted molar refractivity (Wildman–Crippen MR) is 58.1 cm³/mol. The lowest BCUT2D eigenvalue weighted by Gasteiger charge is -2.05. The molecule has 0 fully saturated rings. The van der Waals surface area contributed by atoms with E-state index in [4.69, 9.17) is 0 Å². The quantitative estimate of drug-likeness (QED) is 0.791. The summed E-state index contributed by atoms with van der Waals surface area (Å²) in [5.41, 5.74) is 0.763. The van der Waals surface area contributed by atoms with Gasteiger partial charge in [-0.15, -0.1) is 0 Å². The van der Waals surface area contributed by atoms with Gasteiger partial charge in [0.15, 0.2) is 0 Å². The molecule has 0 amide bonds. The van der Waals surface area contributed by atoms with Crippen LogP contribution in [0.25, 0.3) is 0 Å². The molecule has 0 spiro atoms. The highest BCUT2D eigenvalue weighted by Gasteiger charge is 2.04. The molecule has 0 aromatic carbocycles. The minimum atomic E-state index is -0.480. The third-order valence-electron chi connectivity index (χ3n) is 1.69. The third-order valence-corrected chi connectivity index (χ3v) is 1.69. The Kier molecular flexibility index (Phi) is 6.04. The average molecular weight is 196 g/mol. The smallest absolute Gasteiger partial charge is 0.130 e. The van der Waals surface area contributed by atoms with Crippen LogP contribution >= 0.6 is 0 Å². The maximum Gasteiger partial charge on any atom is 0.130 e. The van der Waals surface area contributed by atoms with Gasteiger partial charge in [0.1, 0.15) is 5.82 Å². The molecule has 0 bridgehead atoms. The molecule has 14 heavy (non-hydrogen) atoms. The van der Waals surface area contributed by atoms with Gasteiger partial charge in [-0.05, 0) is 6.92 Å². The molecule has 0 saturated heterocycles. The first kappa shape index (κ1) is 13.0. The van der Waals surface area contributed by atoms with E-state index < -0.39 is 6.10 Å². The lowest BCUT2D eigenvalue weighted by molar-refractivity contribution is 0.198. The molecule has 1 rings (SSSR count). The summed E-state index contributed by atoms with van der Waals surface area (Å²) in [5.74, 6) is 1.16. The highest BCUT2D eigenvalue weighted by Crippen LogP contribution is 2.12. The topological polar surface area (TPSA) is 46.0 Å². The van der Waals surface area contributed by atoms with Gasteiger partial charge in [-0.25, -0.2) is 9.97 Å². The van der Waals surface area contributed by atoms with Crippen LogP contribution in [0.3, 0.4) is 0 Å². The van der Waals surface area contributed by atoms with Crippen molar-refractivity contribution < 1.29 is 5.11 Å². The van der Waals surface area contributed by atoms with E-state index in [9.17, 15) is 5.11 Å². The van der Waals surface area contributed by atoms with Gasteiger partial charge >= 0.3 is 0 Å². The van der Waals surface area contributed by atoms with Gasteiger partial charge in [0, 0.05) is 23.9 Å². The summed E-state index contributed by atoms with van der Waals surface area (Å²) in [6, 6.07) is 0. The monoisotopic (exact) mass is 196 g/mol. The number of rotatable bonds is 2. The van der Waals surface area contributed by atoms with E-state index in [0.717, 1.165) is 11.4 Å². The first-order chi connectivity index (χ1) is 6.61. The lowest BCUT2D eigenvalue weighted by Crippen LogP contribution is -2.00. The second-order valence-corrected chi connectivity index (χ2v) is 3.21. The van der Waals surface area contributed by atoms with Crippen LogP contribution in [0.5, 0.6) is 0 Å². The zero-order valence-corrected chi connectivity index (χ0v) is 9.65. The van der Waals surface area contributed by atoms with Crippen molar-refractivity contribution in [1.82, 2.24) is 9.97 Å². The van der Waals surface area contributed by atoms with Crippen molar-refractivity contribution in [2.45, 2.75) is 46.6 Å². The van der Waals surface area contributed by atoms with Gasteiger partial charge < -0.3 is 5.11 Å². The van der Waals surface area contributed by atoms with Crippen molar-refractivity contribution in [2.75, 3.05) is 0 Å². The Balaban J connectivity index is 0.000000791. The Labute approximate surface area is 86.2 Å². The third kappa shape index (κ3) is 3.83. The van der Waals surface area contributed by atoms with Gasteiger partial charge in [-0.1, -0.05) is 27.7 Å². The molecular weight excluding hydrogens is 176 g/mol. The summed E-state index contributed by atoms with van der Waals surface area (Å²) in [4.78, 5) is 8.26. The van der Waals surface area contributed by atoms with Crippen molar-refractivity contribution in [3.8, 4) is 0 Å². The van der Waals surface area contributed by atoms with E-state index in [-0.39, 0.29) is 0 Å². The minimum Gasteiger partial charge on any atom is -0.389 e. The first-order valence-electron chi connectivity index (χ1n) is 5.11. The first-order valence-corrected chi connectivity index (χ1v) is 5.11. The Bertz CT molecular complexity index is 215. The molecule has 0 saturated carbocycles. The van der Waals surface area contributed by atoms with Gasteiger partial charge in [-0.2, -0.15) is 0 Å².